The van der Waals surface area contributed by atoms with Gasteiger partial charge in [0.05, 0.1) is 5.56 Å². The highest BCUT2D eigenvalue weighted by molar-refractivity contribution is 5.97. The lowest BCUT2D eigenvalue weighted by atomic mass is 9.92. The molecular weight excluding hydrogens is 396 g/mol. The monoisotopic (exact) mass is 434 g/mol. The van der Waals surface area contributed by atoms with Crippen LogP contribution in [0.3, 0.4) is 0 Å². The fourth-order valence-electron chi connectivity index (χ4n) is 3.80. The predicted molar refractivity (Wildman–Crippen MR) is 120 cm³/mol. The van der Waals surface area contributed by atoms with Crippen molar-refractivity contribution in [1.82, 2.24) is 10.2 Å². The largest absolute Gasteiger partial charge is 0.508 e. The number of phenolic OH excluding ortho intramolecular Hbond substituents is 2. The summed E-state index contributed by atoms with van der Waals surface area (Å²) in [5.41, 5.74) is 0.405. The van der Waals surface area contributed by atoms with Crippen LogP contribution >= 0.6 is 0 Å². The molecule has 2 rings (SSSR count). The van der Waals surface area contributed by atoms with Crippen LogP contribution < -0.4 is 5.32 Å². The van der Waals surface area contributed by atoms with Crippen LogP contribution in [0, 0.1) is 5.92 Å². The lowest BCUT2D eigenvalue weighted by molar-refractivity contribution is -0.157. The molecule has 3 N–H and O–H groups in total. The van der Waals surface area contributed by atoms with Crippen LogP contribution in [0.25, 0.3) is 0 Å². The summed E-state index contributed by atoms with van der Waals surface area (Å²) in [4.78, 5) is 26.7. The number of amides is 1. The maximum absolute atomic E-state index is 12.9. The van der Waals surface area contributed by atoms with Crippen LogP contribution in [0.15, 0.2) is 12.1 Å². The highest BCUT2D eigenvalue weighted by Crippen LogP contribution is 2.33. The van der Waals surface area contributed by atoms with Gasteiger partial charge in [-0.15, -0.1) is 0 Å². The van der Waals surface area contributed by atoms with E-state index in [4.69, 9.17) is 4.74 Å². The minimum Gasteiger partial charge on any atom is -0.508 e. The zero-order valence-electron chi connectivity index (χ0n) is 19.7. The first-order valence-electron chi connectivity index (χ1n) is 11.2. The molecule has 1 heterocycles. The van der Waals surface area contributed by atoms with Crippen LogP contribution in [0.2, 0.25) is 0 Å². The standard InChI is InChI=1S/C24H38N2O5/c1-15(2)18-13-19(21(28)14-20(18)27)22(29)26-11-8-17(9-12-26)7-10-25-16(3)23(30)31-24(4,5)6/h13-17,25,27-28H,7-12H2,1-6H3/t16-/m0/s1. The molecule has 1 aromatic carbocycles. The third-order valence-electron chi connectivity index (χ3n) is 5.66. The number of nitrogens with zero attached hydrogens (tertiary/aromatic N) is 1. The van der Waals surface area contributed by atoms with Crippen molar-refractivity contribution in [2.45, 2.75) is 78.4 Å². The second kappa shape index (κ2) is 10.4. The van der Waals surface area contributed by atoms with Crippen molar-refractivity contribution < 1.29 is 24.5 Å². The topological polar surface area (TPSA) is 99.1 Å². The average molecular weight is 435 g/mol. The molecule has 0 bridgehead atoms. The number of rotatable bonds is 7. The van der Waals surface area contributed by atoms with Crippen molar-refractivity contribution in [2.24, 2.45) is 5.92 Å². The van der Waals surface area contributed by atoms with E-state index in [1.165, 1.54) is 6.07 Å². The number of likely N-dealkylation sites (tertiary alicyclic amines) is 1. The fraction of sp³-hybridized carbons (Fsp3) is 0.667. The summed E-state index contributed by atoms with van der Waals surface area (Å²) in [5.74, 6) is -0.0994. The Balaban J connectivity index is 1.83. The van der Waals surface area contributed by atoms with Gasteiger partial charge in [-0.25, -0.2) is 0 Å². The number of piperidine rings is 1. The minimum absolute atomic E-state index is 0.0101. The first-order valence-corrected chi connectivity index (χ1v) is 11.2. The lowest BCUT2D eigenvalue weighted by Crippen LogP contribution is -2.41. The number of aromatic hydroxyl groups is 2. The van der Waals surface area contributed by atoms with E-state index in [0.29, 0.717) is 24.6 Å². The summed E-state index contributed by atoms with van der Waals surface area (Å²) < 4.78 is 5.38. The summed E-state index contributed by atoms with van der Waals surface area (Å²) in [5, 5.41) is 23.4. The third-order valence-corrected chi connectivity index (χ3v) is 5.66. The van der Waals surface area contributed by atoms with Crippen molar-refractivity contribution >= 4 is 11.9 Å². The Bertz CT molecular complexity index is 777. The van der Waals surface area contributed by atoms with Crippen LogP contribution in [0.5, 0.6) is 11.5 Å². The number of carbonyl (C=O) groups is 2. The van der Waals surface area contributed by atoms with Gasteiger partial charge in [0, 0.05) is 19.2 Å². The lowest BCUT2D eigenvalue weighted by Gasteiger charge is -2.32. The van der Waals surface area contributed by atoms with Crippen molar-refractivity contribution in [1.29, 1.82) is 0 Å². The maximum atomic E-state index is 12.9. The number of nitrogens with one attached hydrogen (secondary N) is 1. The van der Waals surface area contributed by atoms with Crippen molar-refractivity contribution in [2.75, 3.05) is 19.6 Å². The van der Waals surface area contributed by atoms with E-state index in [9.17, 15) is 19.8 Å². The SMILES string of the molecule is CC(C)c1cc(C(=O)N2CCC(CCN[C@@H](C)C(=O)OC(C)(C)C)CC2)c(O)cc1O. The summed E-state index contributed by atoms with van der Waals surface area (Å²) in [7, 11) is 0. The maximum Gasteiger partial charge on any atom is 0.323 e. The Morgan fingerprint density at radius 2 is 1.74 bits per heavy atom. The molecule has 1 amide bonds. The third kappa shape index (κ3) is 7.13. The second-order valence-corrected chi connectivity index (χ2v) is 9.82. The quantitative estimate of drug-likeness (QED) is 0.565. The molecule has 1 saturated heterocycles. The first kappa shape index (κ1) is 25.0. The molecule has 31 heavy (non-hydrogen) atoms. The number of phenols is 2. The molecule has 1 aliphatic heterocycles. The van der Waals surface area contributed by atoms with E-state index in [-0.39, 0.29) is 40.9 Å². The molecular formula is C24H38N2O5. The van der Waals surface area contributed by atoms with Crippen LogP contribution in [0.1, 0.15) is 82.6 Å². The van der Waals surface area contributed by atoms with Crippen molar-refractivity contribution in [3.63, 3.8) is 0 Å². The molecule has 0 radical (unpaired) electrons. The average Bonchev–Trinajstić information content (AvgIpc) is 2.66. The molecule has 0 unspecified atom stereocenters. The summed E-state index contributed by atoms with van der Waals surface area (Å²) in [6, 6.07) is 2.51. The van der Waals surface area contributed by atoms with Gasteiger partial charge in [0.2, 0.25) is 0 Å². The summed E-state index contributed by atoms with van der Waals surface area (Å²) in [6.07, 6.45) is 2.69. The second-order valence-electron chi connectivity index (χ2n) is 9.82. The molecule has 7 nitrogen and oxygen atoms in total. The van der Waals surface area contributed by atoms with Gasteiger partial charge in [0.25, 0.3) is 5.91 Å². The first-order chi connectivity index (χ1) is 14.4. The predicted octanol–water partition coefficient (Wildman–Crippen LogP) is 3.78. The van der Waals surface area contributed by atoms with Crippen molar-refractivity contribution in [3.8, 4) is 11.5 Å². The Kier molecular flexibility index (Phi) is 8.34. The molecule has 0 aliphatic carbocycles. The Morgan fingerprint density at radius 1 is 1.13 bits per heavy atom. The van der Waals surface area contributed by atoms with E-state index in [1.54, 1.807) is 11.0 Å². The van der Waals surface area contributed by atoms with Gasteiger partial charge in [0.1, 0.15) is 23.1 Å². The molecule has 1 aromatic rings. The highest BCUT2D eigenvalue weighted by atomic mass is 16.6. The number of benzene rings is 1. The van der Waals surface area contributed by atoms with E-state index in [0.717, 1.165) is 25.8 Å². The Hall–Kier alpha value is -2.28. The van der Waals surface area contributed by atoms with Gasteiger partial charge in [-0.1, -0.05) is 13.8 Å². The van der Waals surface area contributed by atoms with Gasteiger partial charge in [-0.3, -0.25) is 9.59 Å². The number of hydrogen-bond acceptors (Lipinski definition) is 6. The molecule has 0 spiro atoms. The van der Waals surface area contributed by atoms with Crippen LogP contribution in [-0.4, -0.2) is 58.3 Å². The van der Waals surface area contributed by atoms with E-state index < -0.39 is 5.60 Å². The van der Waals surface area contributed by atoms with Gasteiger partial charge in [-0.2, -0.15) is 0 Å². The number of ether oxygens (including phenoxy) is 1. The van der Waals surface area contributed by atoms with E-state index in [1.807, 2.05) is 41.5 Å². The zero-order valence-corrected chi connectivity index (χ0v) is 19.7. The fourth-order valence-corrected chi connectivity index (χ4v) is 3.80. The van der Waals surface area contributed by atoms with Crippen molar-refractivity contribution in [3.05, 3.63) is 23.3 Å². The van der Waals surface area contributed by atoms with E-state index in [2.05, 4.69) is 5.32 Å². The molecule has 1 fully saturated rings. The Morgan fingerprint density at radius 3 is 2.29 bits per heavy atom. The summed E-state index contributed by atoms with van der Waals surface area (Å²) in [6.45, 7) is 13.2. The van der Waals surface area contributed by atoms with Gasteiger partial charge in [-0.05, 0) is 77.0 Å². The molecule has 0 aromatic heterocycles. The van der Waals surface area contributed by atoms with Gasteiger partial charge in [0.15, 0.2) is 0 Å². The number of esters is 1. The number of hydrogen-bond donors (Lipinski definition) is 3. The molecule has 0 saturated carbocycles. The minimum atomic E-state index is -0.492. The highest BCUT2D eigenvalue weighted by Gasteiger charge is 2.27. The zero-order chi connectivity index (χ0) is 23.3. The van der Waals surface area contributed by atoms with Gasteiger partial charge < -0.3 is 25.2 Å². The van der Waals surface area contributed by atoms with E-state index >= 15 is 0 Å². The normalized spacial score (nSPS) is 16.4. The number of carbonyl (C=O) groups excluding carboxylic acids is 2. The molecule has 1 atom stereocenters. The Labute approximate surface area is 185 Å². The molecule has 174 valence electrons. The van der Waals surface area contributed by atoms with Crippen LogP contribution in [-0.2, 0) is 9.53 Å². The summed E-state index contributed by atoms with van der Waals surface area (Å²) >= 11 is 0. The molecule has 1 aliphatic rings. The smallest absolute Gasteiger partial charge is 0.323 e. The van der Waals surface area contributed by atoms with Gasteiger partial charge >= 0.3 is 5.97 Å². The molecule has 7 heteroatoms. The van der Waals surface area contributed by atoms with Crippen LogP contribution in [0.4, 0.5) is 0 Å².